The molecule has 0 aliphatic carbocycles. The van der Waals surface area contributed by atoms with Gasteiger partial charge in [0, 0.05) is 37.2 Å². The molecule has 0 unspecified atom stereocenters. The summed E-state index contributed by atoms with van der Waals surface area (Å²) in [5, 5.41) is 2.63. The molecule has 1 saturated heterocycles. The van der Waals surface area contributed by atoms with Gasteiger partial charge < -0.3 is 14.2 Å². The van der Waals surface area contributed by atoms with Gasteiger partial charge in [-0.25, -0.2) is 0 Å². The van der Waals surface area contributed by atoms with Crippen LogP contribution in [-0.4, -0.2) is 20.9 Å². The second kappa shape index (κ2) is 16.1. The van der Waals surface area contributed by atoms with Gasteiger partial charge in [-0.3, -0.25) is 0 Å². The molecule has 1 fully saturated rings. The summed E-state index contributed by atoms with van der Waals surface area (Å²) in [6, 6.07) is 88.8. The van der Waals surface area contributed by atoms with E-state index in [9.17, 15) is 0 Å². The molecule has 7 heteroatoms. The van der Waals surface area contributed by atoms with Gasteiger partial charge in [-0.1, -0.05) is 194 Å². The number of anilines is 3. The van der Waals surface area contributed by atoms with Crippen LogP contribution in [-0.2, 0) is 0 Å². The number of hydrogen-bond donors (Lipinski definition) is 0. The lowest BCUT2D eigenvalue weighted by molar-refractivity contribution is 1.29. The van der Waals surface area contributed by atoms with Crippen molar-refractivity contribution in [2.24, 2.45) is 0 Å². The van der Waals surface area contributed by atoms with Crippen molar-refractivity contribution in [3.8, 4) is 22.3 Å². The standard InChI is InChI=1S/C54H40B3N3S/c1-6-24-44(25-7-1)55-58(47-29-10-3-11-30-47)56(45-26-8-2-9-27-45)60(49-33-14-5-15-34-49)57(59(55)48-31-12-4-13-32-48)46-28-19-22-42(40-46)41-21-18-23-43(39-41)50-36-20-37-52-51-35-16-17-38-53(51)61-54(50)52/h1-40H. The number of nitrogens with zero attached hydrogens (tertiary/aromatic N) is 3. The van der Waals surface area contributed by atoms with E-state index in [0.29, 0.717) is 0 Å². The van der Waals surface area contributed by atoms with Crippen LogP contribution < -0.4 is 30.6 Å². The number of rotatable bonds is 8. The molecular weight excluding hydrogens is 755 g/mol. The maximum atomic E-state index is 2.63. The second-order valence-electron chi connectivity index (χ2n) is 15.7. The summed E-state index contributed by atoms with van der Waals surface area (Å²) in [6.45, 7) is -0.597. The van der Waals surface area contributed by atoms with Crippen molar-refractivity contribution >= 4 is 85.9 Å². The van der Waals surface area contributed by atoms with E-state index < -0.39 is 0 Å². The third-order valence-electron chi connectivity index (χ3n) is 12.0. The summed E-state index contributed by atoms with van der Waals surface area (Å²) in [4.78, 5) is 0. The van der Waals surface area contributed by atoms with Gasteiger partial charge in [0.15, 0.2) is 0 Å². The van der Waals surface area contributed by atoms with Crippen LogP contribution in [0.3, 0.4) is 0 Å². The lowest BCUT2D eigenvalue weighted by Gasteiger charge is -2.57. The van der Waals surface area contributed by atoms with Crippen LogP contribution in [0.5, 0.6) is 0 Å². The SMILES string of the molecule is c1ccc(B2N(c3ccccc3)B(c3ccccc3)N(c3ccccc3)B(c3cccc(-c4cccc(-c5cccc6c5sc5ccccc56)c4)c3)N2c2ccccc2)cc1. The Morgan fingerprint density at radius 3 is 1.25 bits per heavy atom. The largest absolute Gasteiger partial charge is 0.416 e. The average molecular weight is 795 g/mol. The zero-order chi connectivity index (χ0) is 40.5. The predicted octanol–water partition coefficient (Wildman–Crippen LogP) is 11.4. The van der Waals surface area contributed by atoms with E-state index >= 15 is 0 Å². The van der Waals surface area contributed by atoms with Crippen molar-refractivity contribution in [2.45, 2.75) is 0 Å². The molecule has 9 aromatic carbocycles. The Morgan fingerprint density at radius 2 is 0.689 bits per heavy atom. The molecule has 0 spiro atoms. The zero-order valence-corrected chi connectivity index (χ0v) is 34.4. The first-order valence-corrected chi connectivity index (χ1v) is 21.8. The molecule has 10 aromatic rings. The monoisotopic (exact) mass is 795 g/mol. The van der Waals surface area contributed by atoms with Crippen LogP contribution in [0.1, 0.15) is 0 Å². The number of thiophene rings is 1. The Hall–Kier alpha value is -7.21. The first-order valence-electron chi connectivity index (χ1n) is 21.0. The van der Waals surface area contributed by atoms with Crippen LogP contribution in [0.4, 0.5) is 17.1 Å². The third-order valence-corrected chi connectivity index (χ3v) is 13.3. The average Bonchev–Trinajstić information content (AvgIpc) is 3.74. The van der Waals surface area contributed by atoms with Crippen LogP contribution in [0.25, 0.3) is 42.4 Å². The summed E-state index contributed by atoms with van der Waals surface area (Å²) < 4.78 is 10.5. The minimum atomic E-state index is -0.226. The van der Waals surface area contributed by atoms with Gasteiger partial charge in [0.2, 0.25) is 0 Å². The highest BCUT2D eigenvalue weighted by Gasteiger charge is 2.55. The molecule has 0 atom stereocenters. The predicted molar refractivity (Wildman–Crippen MR) is 266 cm³/mol. The highest BCUT2D eigenvalue weighted by atomic mass is 32.1. The van der Waals surface area contributed by atoms with Crippen LogP contribution in [0.2, 0.25) is 0 Å². The van der Waals surface area contributed by atoms with Crippen molar-refractivity contribution in [3.63, 3.8) is 0 Å². The molecule has 0 N–H and O–H groups in total. The van der Waals surface area contributed by atoms with E-state index in [2.05, 4.69) is 257 Å². The minimum Gasteiger partial charge on any atom is -0.416 e. The summed E-state index contributed by atoms with van der Waals surface area (Å²) in [7, 11) is 0. The molecule has 3 nitrogen and oxygen atoms in total. The zero-order valence-electron chi connectivity index (χ0n) is 33.6. The van der Waals surface area contributed by atoms with Gasteiger partial charge >= 0.3 is 20.9 Å². The highest BCUT2D eigenvalue weighted by Crippen LogP contribution is 2.41. The van der Waals surface area contributed by atoms with E-state index in [1.54, 1.807) is 0 Å². The normalized spacial score (nSPS) is 13.0. The van der Waals surface area contributed by atoms with Crippen LogP contribution >= 0.6 is 11.3 Å². The van der Waals surface area contributed by atoms with Gasteiger partial charge in [0.05, 0.1) is 0 Å². The van der Waals surface area contributed by atoms with Gasteiger partial charge in [-0.15, -0.1) is 11.3 Å². The fourth-order valence-corrected chi connectivity index (χ4v) is 10.6. The second-order valence-corrected chi connectivity index (χ2v) is 16.7. The molecule has 0 saturated carbocycles. The number of benzene rings is 9. The molecule has 1 aliphatic rings. The molecule has 1 aliphatic heterocycles. The lowest BCUT2D eigenvalue weighted by atomic mass is 9.37. The molecular formula is C54H40B3N3S. The van der Waals surface area contributed by atoms with Gasteiger partial charge in [-0.05, 0) is 87.2 Å². The summed E-state index contributed by atoms with van der Waals surface area (Å²) in [6.07, 6.45) is 0. The molecule has 0 bridgehead atoms. The summed E-state index contributed by atoms with van der Waals surface area (Å²) >= 11 is 1.88. The van der Waals surface area contributed by atoms with Crippen LogP contribution in [0.15, 0.2) is 243 Å². The fourth-order valence-electron chi connectivity index (χ4n) is 9.38. The quantitative estimate of drug-likeness (QED) is 0.142. The van der Waals surface area contributed by atoms with Gasteiger partial charge in [0.1, 0.15) is 0 Å². The van der Waals surface area contributed by atoms with Crippen molar-refractivity contribution in [3.05, 3.63) is 243 Å². The highest BCUT2D eigenvalue weighted by molar-refractivity contribution is 7.26. The van der Waals surface area contributed by atoms with Crippen molar-refractivity contribution in [1.29, 1.82) is 0 Å². The Balaban J connectivity index is 1.14. The van der Waals surface area contributed by atoms with E-state index in [1.165, 1.54) is 58.8 Å². The van der Waals surface area contributed by atoms with Gasteiger partial charge in [0.25, 0.3) is 0 Å². The van der Waals surface area contributed by atoms with Crippen molar-refractivity contribution in [2.75, 3.05) is 14.2 Å². The van der Waals surface area contributed by atoms with Crippen molar-refractivity contribution < 1.29 is 0 Å². The third kappa shape index (κ3) is 6.77. The number of hydrogen-bond acceptors (Lipinski definition) is 4. The van der Waals surface area contributed by atoms with E-state index in [1.807, 2.05) is 11.3 Å². The maximum Gasteiger partial charge on any atom is 0.388 e. The molecule has 0 radical (unpaired) electrons. The Bertz CT molecular complexity index is 2990. The van der Waals surface area contributed by atoms with E-state index in [4.69, 9.17) is 0 Å². The fraction of sp³-hybridized carbons (Fsp3) is 0. The lowest BCUT2D eigenvalue weighted by Crippen LogP contribution is -2.86. The van der Waals surface area contributed by atoms with Crippen molar-refractivity contribution in [1.82, 2.24) is 0 Å². The molecule has 61 heavy (non-hydrogen) atoms. The van der Waals surface area contributed by atoms with Crippen LogP contribution in [0, 0.1) is 0 Å². The number of para-hydroxylation sites is 3. The molecule has 0 amide bonds. The Kier molecular flexibility index (Phi) is 9.72. The summed E-state index contributed by atoms with van der Waals surface area (Å²) in [5.41, 5.74) is 11.9. The first kappa shape index (κ1) is 36.8. The minimum absolute atomic E-state index is 0.185. The smallest absolute Gasteiger partial charge is 0.388 e. The number of fused-ring (bicyclic) bond motifs is 3. The van der Waals surface area contributed by atoms with Gasteiger partial charge in [-0.2, -0.15) is 0 Å². The molecule has 11 rings (SSSR count). The van der Waals surface area contributed by atoms with E-state index in [0.717, 1.165) is 17.1 Å². The Labute approximate surface area is 363 Å². The topological polar surface area (TPSA) is 9.72 Å². The first-order chi connectivity index (χ1) is 30.3. The summed E-state index contributed by atoms with van der Waals surface area (Å²) in [5.74, 6) is 0. The molecule has 2 heterocycles. The maximum absolute atomic E-state index is 2.63. The molecule has 1 aromatic heterocycles. The molecule has 286 valence electrons. The Morgan fingerprint density at radius 1 is 0.295 bits per heavy atom. The van der Waals surface area contributed by atoms with E-state index in [-0.39, 0.29) is 20.9 Å².